The van der Waals surface area contributed by atoms with E-state index in [1.807, 2.05) is 27.1 Å². The predicted octanol–water partition coefficient (Wildman–Crippen LogP) is 5.37. The third-order valence-corrected chi connectivity index (χ3v) is 8.00. The Hall–Kier alpha value is -4.55. The van der Waals surface area contributed by atoms with E-state index in [4.69, 9.17) is 10.7 Å². The predicted molar refractivity (Wildman–Crippen MR) is 175 cm³/mol. The molecule has 47 heavy (non-hydrogen) atoms. The molecule has 0 saturated carbocycles. The Balaban J connectivity index is 1.83. The fraction of sp³-hybridized carbons (Fsp3) is 0.343. The molecule has 1 saturated heterocycles. The van der Waals surface area contributed by atoms with Crippen molar-refractivity contribution in [1.29, 1.82) is 0 Å². The van der Waals surface area contributed by atoms with Crippen LogP contribution in [-0.4, -0.2) is 62.3 Å². The summed E-state index contributed by atoms with van der Waals surface area (Å²) in [6.45, 7) is 3.62. The van der Waals surface area contributed by atoms with Gasteiger partial charge in [-0.15, -0.1) is 0 Å². The first-order chi connectivity index (χ1) is 22.4. The van der Waals surface area contributed by atoms with Crippen molar-refractivity contribution in [2.24, 2.45) is 16.6 Å². The summed E-state index contributed by atoms with van der Waals surface area (Å²) >= 11 is 0. The second-order valence-corrected chi connectivity index (χ2v) is 11.7. The van der Waals surface area contributed by atoms with Gasteiger partial charge in [0, 0.05) is 29.3 Å². The van der Waals surface area contributed by atoms with E-state index in [2.05, 4.69) is 20.9 Å². The number of amidine groups is 1. The van der Waals surface area contributed by atoms with Crippen LogP contribution in [0.15, 0.2) is 95.1 Å². The standard InChI is InChI=1S/C35H40F4N6O2/c1-4-27-29(22-14-16-25(36)17-15-22)30(28(40)21-41-18-9-19-45(2)3)32(42-26-12-6-5-7-13-26)44-34(47)31(27)43-33(46)23-10-8-11-24(20-23)35(37,38)39/h5-8,10-17,20,27,29,31,41H,4,9,18-19,21,40H2,1-3H3,(H,43,46)(H,42,44,47)/b30-28-. The summed E-state index contributed by atoms with van der Waals surface area (Å²) in [5.41, 5.74) is 7.63. The molecule has 4 rings (SSSR count). The number of nitrogens with zero attached hydrogens (tertiary/aromatic N) is 2. The highest BCUT2D eigenvalue weighted by Crippen LogP contribution is 2.40. The van der Waals surface area contributed by atoms with E-state index in [1.165, 1.54) is 18.2 Å². The van der Waals surface area contributed by atoms with Crippen LogP contribution >= 0.6 is 0 Å². The maximum absolute atomic E-state index is 14.2. The number of rotatable bonds is 11. The van der Waals surface area contributed by atoms with Crippen molar-refractivity contribution in [2.45, 2.75) is 37.9 Å². The molecule has 0 aromatic heterocycles. The number of carbonyl (C=O) groups is 2. The number of alkyl halides is 3. The summed E-state index contributed by atoms with van der Waals surface area (Å²) in [4.78, 5) is 34.3. The minimum Gasteiger partial charge on any atom is -0.401 e. The van der Waals surface area contributed by atoms with E-state index >= 15 is 0 Å². The van der Waals surface area contributed by atoms with Crippen LogP contribution in [0.1, 0.15) is 47.2 Å². The van der Waals surface area contributed by atoms with Crippen LogP contribution in [0.4, 0.5) is 23.2 Å². The molecule has 12 heteroatoms. The van der Waals surface area contributed by atoms with Crippen molar-refractivity contribution in [2.75, 3.05) is 33.7 Å². The van der Waals surface area contributed by atoms with Crippen LogP contribution in [0.2, 0.25) is 0 Å². The molecule has 8 nitrogen and oxygen atoms in total. The maximum Gasteiger partial charge on any atom is 0.416 e. The van der Waals surface area contributed by atoms with Crippen LogP contribution in [-0.2, 0) is 11.0 Å². The Morgan fingerprint density at radius 3 is 2.36 bits per heavy atom. The highest BCUT2D eigenvalue weighted by atomic mass is 19.4. The zero-order chi connectivity index (χ0) is 34.1. The molecule has 3 atom stereocenters. The lowest BCUT2D eigenvalue weighted by molar-refractivity contribution is -0.137. The molecule has 0 aliphatic carbocycles. The van der Waals surface area contributed by atoms with Gasteiger partial charge in [-0.2, -0.15) is 13.2 Å². The number of nitrogens with two attached hydrogens (primary N) is 1. The van der Waals surface area contributed by atoms with E-state index in [9.17, 15) is 27.2 Å². The van der Waals surface area contributed by atoms with Crippen LogP contribution in [0.25, 0.3) is 0 Å². The number of amides is 2. The van der Waals surface area contributed by atoms with E-state index in [1.54, 1.807) is 36.4 Å². The minimum atomic E-state index is -4.66. The van der Waals surface area contributed by atoms with E-state index in [0.717, 1.165) is 31.2 Å². The molecule has 250 valence electrons. The zero-order valence-corrected chi connectivity index (χ0v) is 26.6. The number of hydrogen-bond donors (Lipinski definition) is 4. The van der Waals surface area contributed by atoms with E-state index in [-0.39, 0.29) is 17.9 Å². The van der Waals surface area contributed by atoms with Gasteiger partial charge in [0.25, 0.3) is 5.91 Å². The van der Waals surface area contributed by atoms with Crippen LogP contribution < -0.4 is 21.7 Å². The molecule has 1 fully saturated rings. The molecule has 1 heterocycles. The quantitative estimate of drug-likeness (QED) is 0.165. The first kappa shape index (κ1) is 35.3. The van der Waals surface area contributed by atoms with Gasteiger partial charge in [0.2, 0.25) is 5.91 Å². The average Bonchev–Trinajstić information content (AvgIpc) is 3.14. The molecule has 3 aromatic carbocycles. The molecule has 0 bridgehead atoms. The molecular weight excluding hydrogens is 612 g/mol. The second-order valence-electron chi connectivity index (χ2n) is 11.7. The highest BCUT2D eigenvalue weighted by Gasteiger charge is 2.43. The van der Waals surface area contributed by atoms with Crippen molar-refractivity contribution in [3.63, 3.8) is 0 Å². The summed E-state index contributed by atoms with van der Waals surface area (Å²) in [5, 5.41) is 8.91. The molecule has 5 N–H and O–H groups in total. The lowest BCUT2D eigenvalue weighted by atomic mass is 9.75. The topological polar surface area (TPSA) is 112 Å². The van der Waals surface area contributed by atoms with Gasteiger partial charge in [0.1, 0.15) is 17.7 Å². The minimum absolute atomic E-state index is 0.164. The highest BCUT2D eigenvalue weighted by molar-refractivity contribution is 6.13. The number of hydrogen-bond acceptors (Lipinski definition) is 6. The first-order valence-corrected chi connectivity index (χ1v) is 15.4. The Morgan fingerprint density at radius 1 is 1.02 bits per heavy atom. The number of aliphatic imine (C=N–C) groups is 1. The van der Waals surface area contributed by atoms with E-state index in [0.29, 0.717) is 35.5 Å². The van der Waals surface area contributed by atoms with Gasteiger partial charge in [-0.1, -0.05) is 43.3 Å². The van der Waals surface area contributed by atoms with Gasteiger partial charge < -0.3 is 26.6 Å². The largest absolute Gasteiger partial charge is 0.416 e. The Kier molecular flexibility index (Phi) is 11.9. The summed E-state index contributed by atoms with van der Waals surface area (Å²) < 4.78 is 54.5. The maximum atomic E-state index is 14.2. The lowest BCUT2D eigenvalue weighted by Gasteiger charge is -2.32. The molecule has 0 radical (unpaired) electrons. The number of nitrogens with one attached hydrogen (secondary N) is 3. The van der Waals surface area contributed by atoms with Gasteiger partial charge >= 0.3 is 6.18 Å². The number of carbonyl (C=O) groups excluding carboxylic acids is 2. The Labute approximate surface area is 272 Å². The van der Waals surface area contributed by atoms with Gasteiger partial charge in [-0.3, -0.25) is 9.59 Å². The third-order valence-electron chi connectivity index (χ3n) is 8.00. The summed E-state index contributed by atoms with van der Waals surface area (Å²) in [5.74, 6) is -3.08. The van der Waals surface area contributed by atoms with Crippen molar-refractivity contribution in [3.8, 4) is 0 Å². The third kappa shape index (κ3) is 9.26. The number of halogens is 4. The summed E-state index contributed by atoms with van der Waals surface area (Å²) in [6, 6.07) is 17.5. The fourth-order valence-electron chi connectivity index (χ4n) is 5.71. The van der Waals surface area contributed by atoms with Crippen LogP contribution in [0.5, 0.6) is 0 Å². The van der Waals surface area contributed by atoms with Crippen molar-refractivity contribution in [1.82, 2.24) is 20.9 Å². The average molecular weight is 653 g/mol. The molecule has 3 unspecified atom stereocenters. The molecule has 1 aliphatic heterocycles. The van der Waals surface area contributed by atoms with Gasteiger partial charge in [-0.25, -0.2) is 9.38 Å². The Morgan fingerprint density at radius 2 is 1.72 bits per heavy atom. The summed E-state index contributed by atoms with van der Waals surface area (Å²) in [6.07, 6.45) is -3.45. The zero-order valence-electron chi connectivity index (χ0n) is 26.6. The van der Waals surface area contributed by atoms with Gasteiger partial charge in [0.05, 0.1) is 11.3 Å². The first-order valence-electron chi connectivity index (χ1n) is 15.4. The van der Waals surface area contributed by atoms with Crippen LogP contribution in [0, 0.1) is 11.7 Å². The van der Waals surface area contributed by atoms with Crippen molar-refractivity contribution >= 4 is 23.3 Å². The Bertz CT molecular complexity index is 1590. The second kappa shape index (κ2) is 15.8. The molecule has 0 spiro atoms. The molecule has 1 aliphatic rings. The van der Waals surface area contributed by atoms with Gasteiger partial charge in [0.15, 0.2) is 0 Å². The van der Waals surface area contributed by atoms with Crippen molar-refractivity contribution < 1.29 is 27.2 Å². The number of para-hydroxylation sites is 1. The number of benzene rings is 3. The SMILES string of the molecule is CCC1C(NC(=O)c2cccc(C(F)(F)F)c2)C(=O)NC(=Nc2ccccc2)/C(=C(\N)CNCCCN(C)C)C1c1ccc(F)cc1. The van der Waals surface area contributed by atoms with Crippen molar-refractivity contribution in [3.05, 3.63) is 113 Å². The molecular formula is C35H40F4N6O2. The van der Waals surface area contributed by atoms with Gasteiger partial charge in [-0.05, 0) is 94.0 Å². The fourth-order valence-corrected chi connectivity index (χ4v) is 5.71. The summed E-state index contributed by atoms with van der Waals surface area (Å²) in [7, 11) is 3.97. The lowest BCUT2D eigenvalue weighted by Crippen LogP contribution is -2.50. The van der Waals surface area contributed by atoms with E-state index < -0.39 is 47.2 Å². The molecule has 2 amide bonds. The van der Waals surface area contributed by atoms with Crippen LogP contribution in [0.3, 0.4) is 0 Å². The smallest absolute Gasteiger partial charge is 0.401 e. The normalized spacial score (nSPS) is 20.6. The molecule has 3 aromatic rings. The monoisotopic (exact) mass is 652 g/mol.